The number of hydrogen-bond donors (Lipinski definition) is 3. The number of rotatable bonds is 5. The number of anilines is 1. The lowest BCUT2D eigenvalue weighted by atomic mass is 9.97. The summed E-state index contributed by atoms with van der Waals surface area (Å²) in [6, 6.07) is 8.45. The number of urea groups is 1. The number of nitrogens with one attached hydrogen (secondary N) is 2. The van der Waals surface area contributed by atoms with Crippen molar-refractivity contribution in [3.63, 3.8) is 0 Å². The van der Waals surface area contributed by atoms with E-state index in [0.29, 0.717) is 47.8 Å². The Morgan fingerprint density at radius 1 is 1.15 bits per heavy atom. The van der Waals surface area contributed by atoms with Gasteiger partial charge in [0.15, 0.2) is 0 Å². The van der Waals surface area contributed by atoms with Gasteiger partial charge >= 0.3 is 6.03 Å². The van der Waals surface area contributed by atoms with E-state index in [1.807, 2.05) is 23.4 Å². The highest BCUT2D eigenvalue weighted by Crippen LogP contribution is 2.25. The molecule has 0 bridgehead atoms. The molecule has 4 N–H and O–H groups in total. The molecule has 0 aliphatic carbocycles. The van der Waals surface area contributed by atoms with Crippen molar-refractivity contribution in [3.05, 3.63) is 53.0 Å². The SMILES string of the molecule is CNC(=O)N1CCC(Cn2nc(C)c(NC(=O)c3cc(C(N)=O)c4ccccc4n3)c2C)CC1. The summed E-state index contributed by atoms with van der Waals surface area (Å²) in [5.41, 5.74) is 8.60. The van der Waals surface area contributed by atoms with Gasteiger partial charge in [0.25, 0.3) is 5.91 Å². The first-order valence-electron chi connectivity index (χ1n) is 11.3. The summed E-state index contributed by atoms with van der Waals surface area (Å²) >= 11 is 0. The van der Waals surface area contributed by atoms with Crippen LogP contribution in [-0.4, -0.2) is 57.6 Å². The van der Waals surface area contributed by atoms with Gasteiger partial charge in [-0.1, -0.05) is 18.2 Å². The number of benzene rings is 1. The second-order valence-corrected chi connectivity index (χ2v) is 8.60. The van der Waals surface area contributed by atoms with E-state index in [9.17, 15) is 14.4 Å². The zero-order valence-corrected chi connectivity index (χ0v) is 19.6. The molecule has 0 radical (unpaired) electrons. The lowest BCUT2D eigenvalue weighted by molar-refractivity contribution is 0.100. The van der Waals surface area contributed by atoms with Gasteiger partial charge in [0, 0.05) is 32.1 Å². The molecule has 0 saturated carbocycles. The summed E-state index contributed by atoms with van der Waals surface area (Å²) < 4.78 is 1.91. The standard InChI is InChI=1S/C24H29N7O3/c1-14-21(15(2)31(29-14)13-16-8-10-30(11-9-16)24(34)26-3)28-23(33)20-12-18(22(25)32)17-6-4-5-7-19(17)27-20/h4-7,12,16H,8-11,13H2,1-3H3,(H2,25,32)(H,26,34)(H,28,33). The minimum Gasteiger partial charge on any atom is -0.366 e. The Morgan fingerprint density at radius 3 is 2.53 bits per heavy atom. The topological polar surface area (TPSA) is 135 Å². The predicted molar refractivity (Wildman–Crippen MR) is 129 cm³/mol. The number of hydrogen-bond acceptors (Lipinski definition) is 5. The molecule has 178 valence electrons. The van der Waals surface area contributed by atoms with Gasteiger partial charge in [-0.05, 0) is 44.7 Å². The molecule has 0 atom stereocenters. The van der Waals surface area contributed by atoms with E-state index < -0.39 is 11.8 Å². The number of primary amides is 1. The van der Waals surface area contributed by atoms with E-state index in [1.54, 1.807) is 31.3 Å². The molecule has 10 nitrogen and oxygen atoms in total. The number of carbonyl (C=O) groups is 3. The molecule has 10 heteroatoms. The van der Waals surface area contributed by atoms with Crippen LogP contribution in [0.15, 0.2) is 30.3 Å². The van der Waals surface area contributed by atoms with Gasteiger partial charge in [-0.2, -0.15) is 5.10 Å². The summed E-state index contributed by atoms with van der Waals surface area (Å²) in [5.74, 6) is -0.657. The highest BCUT2D eigenvalue weighted by atomic mass is 16.2. The molecule has 3 aromatic rings. The summed E-state index contributed by atoms with van der Waals surface area (Å²) in [5, 5.41) is 10.8. The number of para-hydroxylation sites is 1. The number of carbonyl (C=O) groups excluding carboxylic acids is 3. The number of piperidine rings is 1. The van der Waals surface area contributed by atoms with Crippen LogP contribution in [0.5, 0.6) is 0 Å². The average Bonchev–Trinajstić information content (AvgIpc) is 3.10. The molecular formula is C24H29N7O3. The van der Waals surface area contributed by atoms with E-state index in [4.69, 9.17) is 5.73 Å². The normalized spacial score (nSPS) is 14.3. The molecule has 0 unspecified atom stereocenters. The molecule has 1 saturated heterocycles. The number of likely N-dealkylation sites (tertiary alicyclic amines) is 1. The molecular weight excluding hydrogens is 434 g/mol. The van der Waals surface area contributed by atoms with Gasteiger partial charge in [-0.3, -0.25) is 14.3 Å². The van der Waals surface area contributed by atoms with Crippen molar-refractivity contribution in [3.8, 4) is 0 Å². The van der Waals surface area contributed by atoms with Crippen molar-refractivity contribution >= 4 is 34.4 Å². The molecule has 3 heterocycles. The first-order chi connectivity index (χ1) is 16.3. The van der Waals surface area contributed by atoms with Crippen LogP contribution in [0, 0.1) is 19.8 Å². The Morgan fingerprint density at radius 2 is 1.85 bits per heavy atom. The maximum absolute atomic E-state index is 13.1. The summed E-state index contributed by atoms with van der Waals surface area (Å²) in [6.07, 6.45) is 1.79. The predicted octanol–water partition coefficient (Wildman–Crippen LogP) is 2.45. The monoisotopic (exact) mass is 463 g/mol. The van der Waals surface area contributed by atoms with Crippen molar-refractivity contribution in [2.75, 3.05) is 25.5 Å². The number of aromatic nitrogens is 3. The van der Waals surface area contributed by atoms with Gasteiger partial charge in [0.2, 0.25) is 5.91 Å². The van der Waals surface area contributed by atoms with Crippen molar-refractivity contribution in [2.24, 2.45) is 11.7 Å². The second kappa shape index (κ2) is 9.50. The number of pyridine rings is 1. The van der Waals surface area contributed by atoms with Crippen molar-refractivity contribution in [2.45, 2.75) is 33.2 Å². The quantitative estimate of drug-likeness (QED) is 0.534. The van der Waals surface area contributed by atoms with Crippen LogP contribution in [-0.2, 0) is 6.54 Å². The molecule has 1 fully saturated rings. The fourth-order valence-electron chi connectivity index (χ4n) is 4.45. The number of amides is 4. The van der Waals surface area contributed by atoms with Crippen molar-refractivity contribution in [1.29, 1.82) is 0 Å². The van der Waals surface area contributed by atoms with Crippen molar-refractivity contribution < 1.29 is 14.4 Å². The Hall–Kier alpha value is -3.95. The van der Waals surface area contributed by atoms with Crippen LogP contribution in [0.25, 0.3) is 10.9 Å². The van der Waals surface area contributed by atoms with Crippen LogP contribution < -0.4 is 16.4 Å². The van der Waals surface area contributed by atoms with Gasteiger partial charge in [-0.25, -0.2) is 9.78 Å². The molecule has 34 heavy (non-hydrogen) atoms. The Balaban J connectivity index is 1.51. The van der Waals surface area contributed by atoms with Crippen LogP contribution in [0.2, 0.25) is 0 Å². The van der Waals surface area contributed by atoms with Gasteiger partial charge in [0.05, 0.1) is 28.2 Å². The minimum atomic E-state index is -0.615. The number of nitrogens with zero attached hydrogens (tertiary/aromatic N) is 4. The van der Waals surface area contributed by atoms with Crippen LogP contribution in [0.4, 0.5) is 10.5 Å². The highest BCUT2D eigenvalue weighted by molar-refractivity contribution is 6.10. The summed E-state index contributed by atoms with van der Waals surface area (Å²) in [7, 11) is 1.64. The van der Waals surface area contributed by atoms with Crippen LogP contribution in [0.3, 0.4) is 0 Å². The van der Waals surface area contributed by atoms with Gasteiger partial charge in [0.1, 0.15) is 5.69 Å². The molecule has 1 aliphatic rings. The third kappa shape index (κ3) is 4.57. The largest absolute Gasteiger partial charge is 0.366 e. The number of aryl methyl sites for hydroxylation is 1. The Labute approximate surface area is 197 Å². The lowest BCUT2D eigenvalue weighted by Crippen LogP contribution is -2.43. The van der Waals surface area contributed by atoms with E-state index >= 15 is 0 Å². The molecule has 2 aromatic heterocycles. The summed E-state index contributed by atoms with van der Waals surface area (Å²) in [6.45, 7) is 5.89. The maximum atomic E-state index is 13.1. The average molecular weight is 464 g/mol. The van der Waals surface area contributed by atoms with Crippen LogP contribution >= 0.6 is 0 Å². The zero-order chi connectivity index (χ0) is 24.4. The first kappa shape index (κ1) is 23.2. The third-order valence-corrected chi connectivity index (χ3v) is 6.38. The second-order valence-electron chi connectivity index (χ2n) is 8.60. The zero-order valence-electron chi connectivity index (χ0n) is 19.6. The van der Waals surface area contributed by atoms with E-state index in [2.05, 4.69) is 20.7 Å². The smallest absolute Gasteiger partial charge is 0.317 e. The summed E-state index contributed by atoms with van der Waals surface area (Å²) in [4.78, 5) is 43.1. The third-order valence-electron chi connectivity index (χ3n) is 6.38. The molecule has 1 aromatic carbocycles. The molecule has 4 amide bonds. The fraction of sp³-hybridized carbons (Fsp3) is 0.375. The maximum Gasteiger partial charge on any atom is 0.317 e. The van der Waals surface area contributed by atoms with Crippen molar-refractivity contribution in [1.82, 2.24) is 25.0 Å². The van der Waals surface area contributed by atoms with E-state index in [1.165, 1.54) is 6.07 Å². The first-order valence-corrected chi connectivity index (χ1v) is 11.3. The van der Waals surface area contributed by atoms with E-state index in [0.717, 1.165) is 18.5 Å². The molecule has 1 aliphatic heterocycles. The number of nitrogens with two attached hydrogens (primary N) is 1. The lowest BCUT2D eigenvalue weighted by Gasteiger charge is -2.31. The van der Waals surface area contributed by atoms with E-state index in [-0.39, 0.29) is 17.3 Å². The van der Waals surface area contributed by atoms with Crippen LogP contribution in [0.1, 0.15) is 45.1 Å². The van der Waals surface area contributed by atoms with Gasteiger partial charge in [-0.15, -0.1) is 0 Å². The molecule has 4 rings (SSSR count). The number of fused-ring (bicyclic) bond motifs is 1. The highest BCUT2D eigenvalue weighted by Gasteiger charge is 2.24. The van der Waals surface area contributed by atoms with Gasteiger partial charge < -0.3 is 21.3 Å². The fourth-order valence-corrected chi connectivity index (χ4v) is 4.45. The Bertz CT molecular complexity index is 1260. The molecule has 0 spiro atoms. The minimum absolute atomic E-state index is 0.0450. The Kier molecular flexibility index (Phi) is 6.49.